The average Bonchev–Trinajstić information content (AvgIpc) is 1.91. The minimum atomic E-state index is -0.145. The normalized spacial score (nSPS) is 11.3. The Balaban J connectivity index is 2.83. The summed E-state index contributed by atoms with van der Waals surface area (Å²) in [6, 6.07) is 7.79. The van der Waals surface area contributed by atoms with Crippen molar-refractivity contribution < 1.29 is 4.74 Å². The Bertz CT molecular complexity index is 258. The number of ether oxygens (including phenoxy) is 1. The van der Waals surface area contributed by atoms with Gasteiger partial charge in [0, 0.05) is 0 Å². The molecule has 0 heterocycles. The highest BCUT2D eigenvalue weighted by Crippen LogP contribution is 2.21. The van der Waals surface area contributed by atoms with Crippen LogP contribution in [0.15, 0.2) is 24.3 Å². The summed E-state index contributed by atoms with van der Waals surface area (Å²) in [7, 11) is 0. The zero-order valence-corrected chi connectivity index (χ0v) is 7.92. The quantitative estimate of drug-likeness (QED) is 0.618. The molecular formula is C11H15O. The van der Waals surface area contributed by atoms with Crippen molar-refractivity contribution >= 4 is 0 Å². The van der Waals surface area contributed by atoms with E-state index in [1.807, 2.05) is 45.0 Å². The van der Waals surface area contributed by atoms with Crippen molar-refractivity contribution in [3.8, 4) is 5.75 Å². The molecule has 1 heteroatoms. The van der Waals surface area contributed by atoms with Gasteiger partial charge in [0.05, 0.1) is 0 Å². The zero-order chi connectivity index (χ0) is 9.19. The molecule has 0 saturated carbocycles. The SMILES string of the molecule is [CH2]c1ccccc1OC(C)(C)C. The molecule has 0 aliphatic heterocycles. The number of hydrogen-bond donors (Lipinski definition) is 0. The highest BCUT2D eigenvalue weighted by atomic mass is 16.5. The zero-order valence-electron chi connectivity index (χ0n) is 7.92. The monoisotopic (exact) mass is 163 g/mol. The first-order valence-corrected chi connectivity index (χ1v) is 4.09. The highest BCUT2D eigenvalue weighted by Gasteiger charge is 2.12. The minimum Gasteiger partial charge on any atom is -0.488 e. The van der Waals surface area contributed by atoms with Crippen molar-refractivity contribution in [1.29, 1.82) is 0 Å². The van der Waals surface area contributed by atoms with Gasteiger partial charge in [-0.1, -0.05) is 18.2 Å². The second-order valence-electron chi connectivity index (χ2n) is 3.82. The van der Waals surface area contributed by atoms with E-state index in [2.05, 4.69) is 6.92 Å². The van der Waals surface area contributed by atoms with Gasteiger partial charge in [0.2, 0.25) is 0 Å². The molecule has 65 valence electrons. The van der Waals surface area contributed by atoms with Crippen LogP contribution in [0.1, 0.15) is 26.3 Å². The van der Waals surface area contributed by atoms with Gasteiger partial charge < -0.3 is 4.74 Å². The number of benzene rings is 1. The maximum Gasteiger partial charge on any atom is 0.123 e. The van der Waals surface area contributed by atoms with Crippen LogP contribution in [0.2, 0.25) is 0 Å². The minimum absolute atomic E-state index is 0.145. The molecule has 0 unspecified atom stereocenters. The molecule has 0 aliphatic carbocycles. The second kappa shape index (κ2) is 3.18. The molecule has 0 saturated heterocycles. The van der Waals surface area contributed by atoms with Gasteiger partial charge in [0.15, 0.2) is 0 Å². The topological polar surface area (TPSA) is 9.23 Å². The molecule has 0 aromatic heterocycles. The number of hydrogen-bond acceptors (Lipinski definition) is 1. The lowest BCUT2D eigenvalue weighted by Gasteiger charge is -2.22. The van der Waals surface area contributed by atoms with E-state index >= 15 is 0 Å². The summed E-state index contributed by atoms with van der Waals surface area (Å²) in [5.74, 6) is 0.866. The Morgan fingerprint density at radius 2 is 1.75 bits per heavy atom. The Hall–Kier alpha value is -0.980. The van der Waals surface area contributed by atoms with Gasteiger partial charge in [-0.25, -0.2) is 0 Å². The van der Waals surface area contributed by atoms with E-state index in [9.17, 15) is 0 Å². The van der Waals surface area contributed by atoms with E-state index in [-0.39, 0.29) is 5.60 Å². The third-order valence-corrected chi connectivity index (χ3v) is 1.39. The smallest absolute Gasteiger partial charge is 0.123 e. The Morgan fingerprint density at radius 1 is 1.17 bits per heavy atom. The summed E-state index contributed by atoms with van der Waals surface area (Å²) in [5.41, 5.74) is 0.792. The lowest BCUT2D eigenvalue weighted by Crippen LogP contribution is -2.23. The molecule has 0 aliphatic rings. The summed E-state index contributed by atoms with van der Waals surface area (Å²) in [5, 5.41) is 0. The van der Waals surface area contributed by atoms with Gasteiger partial charge in [-0.3, -0.25) is 0 Å². The van der Waals surface area contributed by atoms with Crippen molar-refractivity contribution in [3.05, 3.63) is 36.8 Å². The van der Waals surface area contributed by atoms with Crippen LogP contribution in [-0.4, -0.2) is 5.60 Å². The van der Waals surface area contributed by atoms with Gasteiger partial charge in [-0.15, -0.1) is 0 Å². The van der Waals surface area contributed by atoms with Crippen molar-refractivity contribution in [2.24, 2.45) is 0 Å². The fourth-order valence-corrected chi connectivity index (χ4v) is 0.933. The van der Waals surface area contributed by atoms with Gasteiger partial charge in [-0.05, 0) is 39.3 Å². The highest BCUT2D eigenvalue weighted by molar-refractivity contribution is 5.35. The third kappa shape index (κ3) is 2.57. The molecule has 0 N–H and O–H groups in total. The Morgan fingerprint density at radius 3 is 2.25 bits per heavy atom. The van der Waals surface area contributed by atoms with E-state index in [4.69, 9.17) is 4.74 Å². The molecule has 0 amide bonds. The molecule has 1 radical (unpaired) electrons. The van der Waals surface area contributed by atoms with Crippen molar-refractivity contribution in [1.82, 2.24) is 0 Å². The van der Waals surface area contributed by atoms with E-state index in [0.29, 0.717) is 0 Å². The van der Waals surface area contributed by atoms with E-state index in [0.717, 1.165) is 11.3 Å². The van der Waals surface area contributed by atoms with Gasteiger partial charge in [0.25, 0.3) is 0 Å². The largest absolute Gasteiger partial charge is 0.488 e. The first kappa shape index (κ1) is 9.11. The molecule has 1 aromatic rings. The summed E-state index contributed by atoms with van der Waals surface area (Å²) in [6.45, 7) is 9.96. The molecular weight excluding hydrogens is 148 g/mol. The van der Waals surface area contributed by atoms with Gasteiger partial charge in [-0.2, -0.15) is 0 Å². The summed E-state index contributed by atoms with van der Waals surface area (Å²) >= 11 is 0. The molecule has 0 bridgehead atoms. The number of rotatable bonds is 1. The van der Waals surface area contributed by atoms with Gasteiger partial charge in [0.1, 0.15) is 11.4 Å². The van der Waals surface area contributed by atoms with Crippen LogP contribution in [0.3, 0.4) is 0 Å². The maximum absolute atomic E-state index is 5.67. The fourth-order valence-electron chi connectivity index (χ4n) is 0.933. The molecule has 0 spiro atoms. The molecule has 1 aromatic carbocycles. The van der Waals surface area contributed by atoms with Crippen LogP contribution in [0, 0.1) is 6.92 Å². The van der Waals surface area contributed by atoms with Crippen LogP contribution in [0.5, 0.6) is 5.75 Å². The fraction of sp³-hybridized carbons (Fsp3) is 0.364. The average molecular weight is 163 g/mol. The second-order valence-corrected chi connectivity index (χ2v) is 3.82. The van der Waals surface area contributed by atoms with Crippen LogP contribution >= 0.6 is 0 Å². The van der Waals surface area contributed by atoms with Crippen LogP contribution in [0.4, 0.5) is 0 Å². The Labute approximate surface area is 74.4 Å². The van der Waals surface area contributed by atoms with Crippen LogP contribution < -0.4 is 4.74 Å². The molecule has 1 nitrogen and oxygen atoms in total. The van der Waals surface area contributed by atoms with E-state index < -0.39 is 0 Å². The maximum atomic E-state index is 5.67. The number of para-hydroxylation sites is 1. The summed E-state index contributed by atoms with van der Waals surface area (Å²) in [6.07, 6.45) is 0. The molecule has 0 atom stereocenters. The standard InChI is InChI=1S/C11H15O/c1-9-7-5-6-8-10(9)12-11(2,3)4/h5-8H,1H2,2-4H3. The van der Waals surface area contributed by atoms with E-state index in [1.54, 1.807) is 0 Å². The lowest BCUT2D eigenvalue weighted by molar-refractivity contribution is 0.130. The summed E-state index contributed by atoms with van der Waals surface area (Å²) < 4.78 is 5.67. The predicted octanol–water partition coefficient (Wildman–Crippen LogP) is 3.05. The Kier molecular flexibility index (Phi) is 2.41. The third-order valence-electron chi connectivity index (χ3n) is 1.39. The van der Waals surface area contributed by atoms with Crippen LogP contribution in [-0.2, 0) is 0 Å². The first-order chi connectivity index (χ1) is 5.49. The lowest BCUT2D eigenvalue weighted by atomic mass is 10.1. The van der Waals surface area contributed by atoms with Crippen LogP contribution in [0.25, 0.3) is 0 Å². The van der Waals surface area contributed by atoms with Crippen molar-refractivity contribution in [2.45, 2.75) is 26.4 Å². The van der Waals surface area contributed by atoms with E-state index in [1.165, 1.54) is 0 Å². The predicted molar refractivity (Wildman–Crippen MR) is 51.3 cm³/mol. The van der Waals surface area contributed by atoms with Crippen molar-refractivity contribution in [3.63, 3.8) is 0 Å². The summed E-state index contributed by atoms with van der Waals surface area (Å²) in [4.78, 5) is 0. The van der Waals surface area contributed by atoms with Crippen molar-refractivity contribution in [2.75, 3.05) is 0 Å². The molecule has 12 heavy (non-hydrogen) atoms. The molecule has 0 fully saturated rings. The first-order valence-electron chi connectivity index (χ1n) is 4.09. The molecule has 1 rings (SSSR count). The van der Waals surface area contributed by atoms with Gasteiger partial charge >= 0.3 is 0 Å².